The molecule has 4 heterocycles. The van der Waals surface area contributed by atoms with Gasteiger partial charge >= 0.3 is 0 Å². The van der Waals surface area contributed by atoms with Gasteiger partial charge in [0.25, 0.3) is 0 Å². The Bertz CT molecular complexity index is 1360. The molecule has 1 saturated carbocycles. The van der Waals surface area contributed by atoms with Gasteiger partial charge in [0.05, 0.1) is 41.4 Å². The van der Waals surface area contributed by atoms with Gasteiger partial charge in [-0.25, -0.2) is 29.9 Å². The Morgan fingerprint density at radius 3 is 2.63 bits per heavy atom. The molecule has 35 heavy (non-hydrogen) atoms. The fourth-order valence-electron chi connectivity index (χ4n) is 4.42. The number of nitrogens with zero attached hydrogens (tertiary/aromatic N) is 7. The minimum absolute atomic E-state index is 0.107. The average molecular weight is 470 g/mol. The molecule has 0 unspecified atom stereocenters. The maximum atomic E-state index is 11.9. The van der Waals surface area contributed by atoms with Crippen LogP contribution in [0, 0.1) is 18.8 Å². The van der Waals surface area contributed by atoms with Crippen molar-refractivity contribution in [3.63, 3.8) is 0 Å². The van der Waals surface area contributed by atoms with Crippen LogP contribution in [0.3, 0.4) is 0 Å². The summed E-state index contributed by atoms with van der Waals surface area (Å²) in [6.45, 7) is 1.98. The fourth-order valence-corrected chi connectivity index (χ4v) is 4.42. The number of rotatable bonds is 6. The normalized spacial score (nSPS) is 18.1. The number of imidazole rings is 1. The van der Waals surface area contributed by atoms with Crippen LogP contribution >= 0.6 is 0 Å². The van der Waals surface area contributed by atoms with E-state index in [2.05, 4.69) is 35.6 Å². The average Bonchev–Trinajstić information content (AvgIpc) is 3.32. The summed E-state index contributed by atoms with van der Waals surface area (Å²) in [6, 6.07) is 3.90. The summed E-state index contributed by atoms with van der Waals surface area (Å²) in [5.74, 6) is 0.992. The lowest BCUT2D eigenvalue weighted by molar-refractivity contribution is -0.125. The van der Waals surface area contributed by atoms with Crippen LogP contribution in [0.15, 0.2) is 54.4 Å². The smallest absolute Gasteiger partial charge is 0.249 e. The van der Waals surface area contributed by atoms with E-state index in [1.165, 1.54) is 6.33 Å². The third-order valence-corrected chi connectivity index (χ3v) is 6.35. The van der Waals surface area contributed by atoms with Gasteiger partial charge in [-0.15, -0.1) is 0 Å². The lowest BCUT2D eigenvalue weighted by Crippen LogP contribution is -2.30. The molecule has 1 aliphatic carbocycles. The number of aliphatic imine (C=N–C) groups is 1. The van der Waals surface area contributed by atoms with Gasteiger partial charge in [-0.2, -0.15) is 0 Å². The van der Waals surface area contributed by atoms with Gasteiger partial charge in [0.15, 0.2) is 0 Å². The topological polar surface area (TPSA) is 122 Å². The van der Waals surface area contributed by atoms with Gasteiger partial charge in [0, 0.05) is 31.6 Å². The number of hydrogen-bond acceptors (Lipinski definition) is 8. The maximum absolute atomic E-state index is 11.9. The predicted molar refractivity (Wildman–Crippen MR) is 134 cm³/mol. The van der Waals surface area contributed by atoms with Crippen molar-refractivity contribution < 1.29 is 4.79 Å². The molecule has 1 fully saturated rings. The summed E-state index contributed by atoms with van der Waals surface area (Å²) < 4.78 is 2.00. The largest absolute Gasteiger partial charge is 0.359 e. The van der Waals surface area contributed by atoms with E-state index in [1.807, 2.05) is 42.1 Å². The van der Waals surface area contributed by atoms with Gasteiger partial charge in [0.2, 0.25) is 11.9 Å². The summed E-state index contributed by atoms with van der Waals surface area (Å²) in [5, 5.41) is 6.06. The number of aromatic nitrogens is 6. The molecule has 2 N–H and O–H groups in total. The van der Waals surface area contributed by atoms with Crippen molar-refractivity contribution >= 4 is 35.1 Å². The lowest BCUT2D eigenvalue weighted by Gasteiger charge is -2.24. The summed E-state index contributed by atoms with van der Waals surface area (Å²) in [6.07, 6.45) is 16.1. The molecule has 0 aromatic carbocycles. The first-order valence-electron chi connectivity index (χ1n) is 11.7. The van der Waals surface area contributed by atoms with Gasteiger partial charge in [-0.1, -0.05) is 0 Å². The van der Waals surface area contributed by atoms with E-state index in [1.54, 1.807) is 25.6 Å². The van der Waals surface area contributed by atoms with Crippen LogP contribution < -0.4 is 10.6 Å². The number of anilines is 2. The van der Waals surface area contributed by atoms with Crippen LogP contribution in [-0.4, -0.2) is 48.5 Å². The fraction of sp³-hybridized carbons (Fsp3) is 0.320. The first kappa shape index (κ1) is 22.6. The van der Waals surface area contributed by atoms with Crippen molar-refractivity contribution in [3.8, 4) is 11.4 Å². The predicted octanol–water partition coefficient (Wildman–Crippen LogP) is 3.89. The van der Waals surface area contributed by atoms with Crippen LogP contribution in [0.25, 0.3) is 17.0 Å². The summed E-state index contributed by atoms with van der Waals surface area (Å²) in [5.41, 5.74) is 5.06. The number of nitrogens with one attached hydrogen (secondary N) is 2. The van der Waals surface area contributed by atoms with Crippen LogP contribution in [0.5, 0.6) is 0 Å². The van der Waals surface area contributed by atoms with Crippen LogP contribution in [-0.2, 0) is 4.79 Å². The second kappa shape index (κ2) is 9.96. The molecule has 1 amide bonds. The first-order valence-corrected chi connectivity index (χ1v) is 11.7. The Morgan fingerprint density at radius 2 is 1.86 bits per heavy atom. The zero-order valence-electron chi connectivity index (χ0n) is 19.7. The van der Waals surface area contributed by atoms with E-state index in [0.717, 1.165) is 59.7 Å². The molecule has 0 aliphatic heterocycles. The summed E-state index contributed by atoms with van der Waals surface area (Å²) in [4.78, 5) is 38.2. The van der Waals surface area contributed by atoms with Crippen molar-refractivity contribution in [3.05, 3.63) is 55.0 Å². The zero-order valence-corrected chi connectivity index (χ0v) is 19.7. The lowest BCUT2D eigenvalue weighted by atomic mass is 9.82. The molecular weight excluding hydrogens is 442 g/mol. The molecule has 4 aromatic heterocycles. The monoisotopic (exact) mass is 469 g/mol. The van der Waals surface area contributed by atoms with E-state index in [9.17, 15) is 4.79 Å². The first-order chi connectivity index (χ1) is 17.1. The van der Waals surface area contributed by atoms with Gasteiger partial charge < -0.3 is 10.6 Å². The van der Waals surface area contributed by atoms with E-state index < -0.39 is 0 Å². The van der Waals surface area contributed by atoms with E-state index in [0.29, 0.717) is 11.9 Å². The molecule has 0 spiro atoms. The second-order valence-corrected chi connectivity index (χ2v) is 8.75. The number of carbonyl (C=O) groups excluding carboxylic acids is 1. The van der Waals surface area contributed by atoms with Crippen molar-refractivity contribution in [2.24, 2.45) is 16.8 Å². The minimum Gasteiger partial charge on any atom is -0.359 e. The quantitative estimate of drug-likeness (QED) is 0.411. The molecule has 0 atom stereocenters. The summed E-state index contributed by atoms with van der Waals surface area (Å²) >= 11 is 0. The van der Waals surface area contributed by atoms with E-state index >= 15 is 0 Å². The zero-order chi connectivity index (χ0) is 24.2. The van der Waals surface area contributed by atoms with Gasteiger partial charge in [0.1, 0.15) is 12.0 Å². The van der Waals surface area contributed by atoms with E-state index in [-0.39, 0.29) is 11.8 Å². The Morgan fingerprint density at radius 1 is 1.06 bits per heavy atom. The highest BCUT2D eigenvalue weighted by atomic mass is 16.1. The number of amides is 1. The molecule has 0 radical (unpaired) electrons. The third kappa shape index (κ3) is 5.01. The molecule has 5 rings (SSSR count). The van der Waals surface area contributed by atoms with Crippen molar-refractivity contribution in [2.75, 3.05) is 12.4 Å². The summed E-state index contributed by atoms with van der Waals surface area (Å²) in [7, 11) is 1.70. The Kier molecular flexibility index (Phi) is 6.42. The molecule has 10 nitrogen and oxygen atoms in total. The molecule has 1 aliphatic rings. The Labute approximate surface area is 203 Å². The Balaban J connectivity index is 1.37. The van der Waals surface area contributed by atoms with Crippen molar-refractivity contribution in [1.82, 2.24) is 34.6 Å². The molecule has 10 heteroatoms. The molecule has 0 saturated heterocycles. The number of pyridine rings is 1. The van der Waals surface area contributed by atoms with Gasteiger partial charge in [-0.3, -0.25) is 9.20 Å². The van der Waals surface area contributed by atoms with Crippen LogP contribution in [0.2, 0.25) is 0 Å². The maximum Gasteiger partial charge on any atom is 0.249 e. The van der Waals surface area contributed by atoms with Crippen molar-refractivity contribution in [2.45, 2.75) is 32.6 Å². The van der Waals surface area contributed by atoms with Crippen molar-refractivity contribution in [1.29, 1.82) is 0 Å². The number of aryl methyl sites for hydroxylation is 1. The molecular formula is C25H27N9O. The number of fused-ring (bicyclic) bond motifs is 1. The van der Waals surface area contributed by atoms with Crippen LogP contribution in [0.4, 0.5) is 17.3 Å². The minimum atomic E-state index is 0.107. The SMILES string of the molecule is CNC(=O)C1CCC(/C=N/c2ncc(C)c(-c3cnc4ccc(Nc5cncnc5)cn34)n2)CC1. The number of hydrogen-bond donors (Lipinski definition) is 2. The van der Waals surface area contributed by atoms with Crippen LogP contribution in [0.1, 0.15) is 31.2 Å². The highest BCUT2D eigenvalue weighted by molar-refractivity contribution is 5.78. The molecule has 4 aromatic rings. The Hall–Kier alpha value is -4.21. The highest BCUT2D eigenvalue weighted by Gasteiger charge is 2.24. The number of carbonyl (C=O) groups is 1. The molecule has 0 bridgehead atoms. The highest BCUT2D eigenvalue weighted by Crippen LogP contribution is 2.29. The molecule has 178 valence electrons. The third-order valence-electron chi connectivity index (χ3n) is 6.35. The second-order valence-electron chi connectivity index (χ2n) is 8.75. The van der Waals surface area contributed by atoms with E-state index in [4.69, 9.17) is 4.98 Å². The standard InChI is InChI=1S/C25H27N9O/c1-16-9-30-25(31-10-17-3-5-18(6-4-17)24(35)26-2)33-23(16)21-13-29-22-8-7-19(14-34(21)22)32-20-11-27-15-28-12-20/h7-15,17-18,32H,3-6H2,1-2H3,(H,26,35)/b31-10+. The van der Waals surface area contributed by atoms with Gasteiger partial charge in [-0.05, 0) is 56.2 Å².